The molecule has 1 aliphatic rings. The van der Waals surface area contributed by atoms with Crippen LogP contribution in [0.4, 0.5) is 0 Å². The van der Waals surface area contributed by atoms with Crippen molar-refractivity contribution in [2.24, 2.45) is 0 Å². The van der Waals surface area contributed by atoms with E-state index < -0.39 is 0 Å². The zero-order chi connectivity index (χ0) is 29.5. The lowest BCUT2D eigenvalue weighted by atomic mass is 10.0. The van der Waals surface area contributed by atoms with E-state index in [1.54, 1.807) is 0 Å². The summed E-state index contributed by atoms with van der Waals surface area (Å²) in [5.41, 5.74) is 0. The van der Waals surface area contributed by atoms with Gasteiger partial charge in [-0.2, -0.15) is 0 Å². The molecule has 0 spiro atoms. The van der Waals surface area contributed by atoms with E-state index >= 15 is 0 Å². The summed E-state index contributed by atoms with van der Waals surface area (Å²) in [4.78, 5) is 5.38. The van der Waals surface area contributed by atoms with Crippen molar-refractivity contribution in [3.8, 4) is 0 Å². The van der Waals surface area contributed by atoms with Gasteiger partial charge in [-0.1, -0.05) is 194 Å². The van der Waals surface area contributed by atoms with Gasteiger partial charge in [0, 0.05) is 25.5 Å². The van der Waals surface area contributed by atoms with E-state index in [1.165, 1.54) is 212 Å². The number of nitrogens with zero attached hydrogens (tertiary/aromatic N) is 2. The highest BCUT2D eigenvalue weighted by atomic mass is 15.4. The topological polar surface area (TPSA) is 6.48 Å². The summed E-state index contributed by atoms with van der Waals surface area (Å²) >= 11 is 0. The molecule has 1 atom stereocenters. The molecule has 1 aliphatic heterocycles. The highest BCUT2D eigenvalue weighted by molar-refractivity contribution is 4.97. The number of hydrogen-bond acceptors (Lipinski definition) is 2. The zero-order valence-electron chi connectivity index (χ0n) is 29.0. The van der Waals surface area contributed by atoms with Crippen LogP contribution in [-0.4, -0.2) is 29.1 Å². The summed E-state index contributed by atoms with van der Waals surface area (Å²) in [6.07, 6.45) is 50.0. The second-order valence-electron chi connectivity index (χ2n) is 13.6. The van der Waals surface area contributed by atoms with Crippen molar-refractivity contribution >= 4 is 0 Å². The Balaban J connectivity index is 2.06. The van der Waals surface area contributed by atoms with E-state index in [1.807, 2.05) is 0 Å². The molecule has 0 bridgehead atoms. The Morgan fingerprint density at radius 3 is 0.902 bits per heavy atom. The first-order valence-corrected chi connectivity index (χ1v) is 19.5. The molecule has 0 aliphatic carbocycles. The Kier molecular flexibility index (Phi) is 28.8. The van der Waals surface area contributed by atoms with Crippen LogP contribution in [-0.2, 0) is 0 Å². The van der Waals surface area contributed by atoms with Gasteiger partial charge in [-0.05, 0) is 25.7 Å². The lowest BCUT2D eigenvalue weighted by molar-refractivity contribution is 0.135. The molecule has 41 heavy (non-hydrogen) atoms. The maximum Gasteiger partial charge on any atom is 0.101 e. The zero-order valence-corrected chi connectivity index (χ0v) is 29.0. The van der Waals surface area contributed by atoms with Crippen molar-refractivity contribution < 1.29 is 0 Å². The molecule has 0 aromatic heterocycles. The Morgan fingerprint density at radius 2 is 0.561 bits per heavy atom. The highest BCUT2D eigenvalue weighted by Gasteiger charge is 2.24. The highest BCUT2D eigenvalue weighted by Crippen LogP contribution is 2.24. The van der Waals surface area contributed by atoms with Crippen LogP contribution in [0, 0.1) is 0 Å². The van der Waals surface area contributed by atoms with Crippen LogP contribution in [0.25, 0.3) is 0 Å². The largest absolute Gasteiger partial charge is 0.356 e. The van der Waals surface area contributed by atoms with E-state index in [0.717, 1.165) is 0 Å². The van der Waals surface area contributed by atoms with Crippen molar-refractivity contribution in [1.29, 1.82) is 0 Å². The van der Waals surface area contributed by atoms with Gasteiger partial charge >= 0.3 is 0 Å². The molecule has 2 heteroatoms. The normalized spacial score (nSPS) is 15.0. The van der Waals surface area contributed by atoms with Crippen LogP contribution in [0.5, 0.6) is 0 Å². The summed E-state index contributed by atoms with van der Waals surface area (Å²) in [6.45, 7) is 9.47. The van der Waals surface area contributed by atoms with Crippen LogP contribution in [0.15, 0.2) is 12.4 Å². The van der Waals surface area contributed by atoms with Crippen LogP contribution in [0.1, 0.15) is 220 Å². The summed E-state index contributed by atoms with van der Waals surface area (Å²) in [5, 5.41) is 0. The molecule has 1 heterocycles. The van der Waals surface area contributed by atoms with Gasteiger partial charge in [0.15, 0.2) is 0 Å². The molecule has 1 unspecified atom stereocenters. The van der Waals surface area contributed by atoms with E-state index in [4.69, 9.17) is 0 Å². The molecule has 0 aromatic carbocycles. The average molecular weight is 575 g/mol. The number of rotatable bonds is 33. The van der Waals surface area contributed by atoms with Gasteiger partial charge in [0.2, 0.25) is 0 Å². The quantitative estimate of drug-likeness (QED) is 0.0719. The Hall–Kier alpha value is -0.660. The third-order valence-electron chi connectivity index (χ3n) is 9.57. The van der Waals surface area contributed by atoms with Gasteiger partial charge in [0.1, 0.15) is 6.17 Å². The van der Waals surface area contributed by atoms with Crippen molar-refractivity contribution in [1.82, 2.24) is 9.80 Å². The lowest BCUT2D eigenvalue weighted by Gasteiger charge is -2.33. The predicted octanol–water partition coefficient (Wildman–Crippen LogP) is 13.6. The number of hydrogen-bond donors (Lipinski definition) is 0. The second-order valence-corrected chi connectivity index (χ2v) is 13.6. The Bertz CT molecular complexity index is 530. The molecule has 0 saturated carbocycles. The third kappa shape index (κ3) is 23.5. The minimum absolute atomic E-state index is 0.641. The van der Waals surface area contributed by atoms with Crippen LogP contribution >= 0.6 is 0 Å². The smallest absolute Gasteiger partial charge is 0.101 e. The molecule has 2 nitrogen and oxygen atoms in total. The predicted molar refractivity (Wildman–Crippen MR) is 186 cm³/mol. The summed E-state index contributed by atoms with van der Waals surface area (Å²) in [6, 6.07) is 0. The molecular formula is C39H78N2. The van der Waals surface area contributed by atoms with Crippen LogP contribution < -0.4 is 0 Å². The van der Waals surface area contributed by atoms with Gasteiger partial charge in [-0.3, -0.25) is 0 Å². The van der Waals surface area contributed by atoms with E-state index in [9.17, 15) is 0 Å². The molecule has 244 valence electrons. The maximum atomic E-state index is 2.70. The van der Waals surface area contributed by atoms with Crippen molar-refractivity contribution in [3.05, 3.63) is 12.4 Å². The van der Waals surface area contributed by atoms with E-state index in [-0.39, 0.29) is 0 Å². The van der Waals surface area contributed by atoms with Crippen LogP contribution in [0.2, 0.25) is 0 Å². The van der Waals surface area contributed by atoms with E-state index in [0.29, 0.717) is 6.17 Å². The second kappa shape index (κ2) is 30.8. The number of unbranched alkanes of at least 4 members (excludes halogenated alkanes) is 27. The molecule has 0 amide bonds. The first-order chi connectivity index (χ1) is 20.3. The third-order valence-corrected chi connectivity index (χ3v) is 9.57. The summed E-state index contributed by atoms with van der Waals surface area (Å²) < 4.78 is 0. The molecular weight excluding hydrogens is 496 g/mol. The van der Waals surface area contributed by atoms with Gasteiger partial charge in [-0.15, -0.1) is 0 Å². The fraction of sp³-hybridized carbons (Fsp3) is 0.949. The fourth-order valence-electron chi connectivity index (χ4n) is 6.72. The van der Waals surface area contributed by atoms with Gasteiger partial charge in [-0.25, -0.2) is 0 Å². The first kappa shape index (κ1) is 38.4. The molecule has 0 fully saturated rings. The van der Waals surface area contributed by atoms with Crippen molar-refractivity contribution in [3.63, 3.8) is 0 Å². The van der Waals surface area contributed by atoms with Gasteiger partial charge in [0.25, 0.3) is 0 Å². The molecule has 0 aromatic rings. The molecule has 0 saturated heterocycles. The lowest BCUT2D eigenvalue weighted by Crippen LogP contribution is -2.39. The summed E-state index contributed by atoms with van der Waals surface area (Å²) in [5.74, 6) is 0. The maximum absolute atomic E-state index is 2.70. The minimum atomic E-state index is 0.641. The Labute approximate surface area is 260 Å². The molecule has 0 radical (unpaired) electrons. The fourth-order valence-corrected chi connectivity index (χ4v) is 6.72. The van der Waals surface area contributed by atoms with Gasteiger partial charge < -0.3 is 9.80 Å². The van der Waals surface area contributed by atoms with Crippen LogP contribution in [0.3, 0.4) is 0 Å². The molecule has 1 rings (SSSR count). The summed E-state index contributed by atoms with van der Waals surface area (Å²) in [7, 11) is 0. The van der Waals surface area contributed by atoms with Gasteiger partial charge in [0.05, 0.1) is 0 Å². The van der Waals surface area contributed by atoms with Crippen molar-refractivity contribution in [2.75, 3.05) is 13.1 Å². The Morgan fingerprint density at radius 1 is 0.317 bits per heavy atom. The SMILES string of the molecule is CCCCCCCCCCCCCCCCCCN1C=CN(CCCCC)C1CCCCCCCCCCCCC. The average Bonchev–Trinajstić information content (AvgIpc) is 3.36. The monoisotopic (exact) mass is 575 g/mol. The standard InChI is InChI=1S/C39H78N2/c1-4-7-10-12-14-16-18-19-20-21-22-24-26-28-30-33-36-41-38-37-40(35-32-9-6-3)39(41)34-31-29-27-25-23-17-15-13-11-8-5-2/h37-39H,4-36H2,1-3H3. The first-order valence-electron chi connectivity index (χ1n) is 19.5. The van der Waals surface area contributed by atoms with Crippen molar-refractivity contribution in [2.45, 2.75) is 226 Å². The molecule has 0 N–H and O–H groups in total. The minimum Gasteiger partial charge on any atom is -0.356 e. The van der Waals surface area contributed by atoms with E-state index in [2.05, 4.69) is 43.0 Å².